The molecular formula is C9H9ClO4. The van der Waals surface area contributed by atoms with Crippen LogP contribution >= 0.6 is 11.6 Å². The first kappa shape index (κ1) is 11.0. The molecule has 0 aliphatic carbocycles. The molecule has 5 heteroatoms. The lowest BCUT2D eigenvalue weighted by Gasteiger charge is -2.07. The lowest BCUT2D eigenvalue weighted by Crippen LogP contribution is -2.28. The molecule has 0 spiro atoms. The van der Waals surface area contributed by atoms with Crippen LogP contribution in [-0.4, -0.2) is 28.9 Å². The summed E-state index contributed by atoms with van der Waals surface area (Å²) < 4.78 is 4.71. The maximum absolute atomic E-state index is 11.0. The Morgan fingerprint density at radius 2 is 2.00 bits per heavy atom. The lowest BCUT2D eigenvalue weighted by molar-refractivity contribution is -0.145. The van der Waals surface area contributed by atoms with Gasteiger partial charge in [0.05, 0.1) is 6.61 Å². The average molecular weight is 217 g/mol. The van der Waals surface area contributed by atoms with Crippen LogP contribution in [0.4, 0.5) is 0 Å². The molecule has 1 aromatic carbocycles. The van der Waals surface area contributed by atoms with Crippen molar-refractivity contribution in [2.45, 2.75) is 6.10 Å². The summed E-state index contributed by atoms with van der Waals surface area (Å²) in [5, 5.41) is 17.9. The molecular weight excluding hydrogens is 208 g/mol. The third kappa shape index (κ3) is 2.99. The first-order valence-corrected chi connectivity index (χ1v) is 4.27. The van der Waals surface area contributed by atoms with Gasteiger partial charge < -0.3 is 14.9 Å². The van der Waals surface area contributed by atoms with Crippen LogP contribution in [0.25, 0.3) is 0 Å². The van der Waals surface area contributed by atoms with Gasteiger partial charge >= 0.3 is 5.97 Å². The largest absolute Gasteiger partial charge is 0.425 e. The van der Waals surface area contributed by atoms with Gasteiger partial charge in [-0.25, -0.2) is 4.79 Å². The van der Waals surface area contributed by atoms with Gasteiger partial charge in [-0.3, -0.25) is 0 Å². The maximum atomic E-state index is 11.0. The number of rotatable bonds is 3. The van der Waals surface area contributed by atoms with E-state index in [0.717, 1.165) is 0 Å². The fourth-order valence-corrected chi connectivity index (χ4v) is 0.887. The number of carbonyl (C=O) groups excluding carboxylic acids is 1. The van der Waals surface area contributed by atoms with Crippen molar-refractivity contribution in [1.29, 1.82) is 0 Å². The van der Waals surface area contributed by atoms with Gasteiger partial charge in [-0.05, 0) is 24.3 Å². The van der Waals surface area contributed by atoms with Crippen LogP contribution in [0.5, 0.6) is 5.75 Å². The Hall–Kier alpha value is -1.10. The second-order valence-corrected chi connectivity index (χ2v) is 3.01. The number of benzene rings is 1. The van der Waals surface area contributed by atoms with Gasteiger partial charge in [0.25, 0.3) is 0 Å². The highest BCUT2D eigenvalue weighted by Crippen LogP contribution is 2.15. The van der Waals surface area contributed by atoms with Gasteiger partial charge in [-0.15, -0.1) is 0 Å². The molecule has 0 heterocycles. The van der Waals surface area contributed by atoms with E-state index in [1.54, 1.807) is 12.1 Å². The predicted octanol–water partition coefficient (Wildman–Crippen LogP) is 0.599. The molecule has 1 rings (SSSR count). The fourth-order valence-electron chi connectivity index (χ4n) is 0.761. The van der Waals surface area contributed by atoms with E-state index in [9.17, 15) is 4.79 Å². The number of ether oxygens (including phenoxy) is 1. The summed E-state index contributed by atoms with van der Waals surface area (Å²) in [6.45, 7) is -0.660. The molecule has 0 unspecified atom stereocenters. The summed E-state index contributed by atoms with van der Waals surface area (Å²) >= 11 is 5.61. The van der Waals surface area contributed by atoms with Gasteiger partial charge in [0.1, 0.15) is 5.75 Å². The number of carbonyl (C=O) groups is 1. The normalized spacial score (nSPS) is 12.2. The zero-order valence-corrected chi connectivity index (χ0v) is 7.94. The minimum Gasteiger partial charge on any atom is -0.425 e. The first-order chi connectivity index (χ1) is 6.63. The van der Waals surface area contributed by atoms with Crippen LogP contribution in [0, 0.1) is 0 Å². The number of aliphatic hydroxyl groups is 2. The van der Waals surface area contributed by atoms with Crippen molar-refractivity contribution in [2.24, 2.45) is 0 Å². The zero-order valence-electron chi connectivity index (χ0n) is 7.18. The molecule has 0 bridgehead atoms. The second-order valence-electron chi connectivity index (χ2n) is 2.57. The Bertz CT molecular complexity index is 309. The van der Waals surface area contributed by atoms with Crippen molar-refractivity contribution < 1.29 is 19.7 Å². The SMILES string of the molecule is O=C(Oc1ccc(Cl)cc1)[C@H](O)CO. The van der Waals surface area contributed by atoms with Gasteiger partial charge in [0.15, 0.2) is 6.10 Å². The van der Waals surface area contributed by atoms with Gasteiger partial charge in [-0.2, -0.15) is 0 Å². The third-order valence-electron chi connectivity index (χ3n) is 1.48. The summed E-state index contributed by atoms with van der Waals surface area (Å²) in [6, 6.07) is 6.08. The molecule has 0 saturated heterocycles. The number of halogens is 1. The number of hydrogen-bond donors (Lipinski definition) is 2. The van der Waals surface area contributed by atoms with E-state index in [1.807, 2.05) is 0 Å². The maximum Gasteiger partial charge on any atom is 0.342 e. The molecule has 0 radical (unpaired) electrons. The summed E-state index contributed by atoms with van der Waals surface area (Å²) in [6.07, 6.45) is -1.51. The van der Waals surface area contributed by atoms with Crippen molar-refractivity contribution in [3.63, 3.8) is 0 Å². The molecule has 76 valence electrons. The van der Waals surface area contributed by atoms with Gasteiger partial charge in [0.2, 0.25) is 0 Å². The molecule has 0 aliphatic heterocycles. The van der Waals surface area contributed by atoms with Crippen LogP contribution in [0.3, 0.4) is 0 Å². The van der Waals surface area contributed by atoms with Crippen LogP contribution < -0.4 is 4.74 Å². The summed E-state index contributed by atoms with van der Waals surface area (Å²) in [7, 11) is 0. The Morgan fingerprint density at radius 1 is 1.43 bits per heavy atom. The zero-order chi connectivity index (χ0) is 10.6. The highest BCUT2D eigenvalue weighted by molar-refractivity contribution is 6.30. The highest BCUT2D eigenvalue weighted by Gasteiger charge is 2.15. The molecule has 0 amide bonds. The first-order valence-electron chi connectivity index (χ1n) is 3.89. The van der Waals surface area contributed by atoms with Gasteiger partial charge in [0, 0.05) is 5.02 Å². The molecule has 1 aromatic rings. The van der Waals surface area contributed by atoms with Crippen molar-refractivity contribution >= 4 is 17.6 Å². The molecule has 4 nitrogen and oxygen atoms in total. The van der Waals surface area contributed by atoms with E-state index in [-0.39, 0.29) is 5.75 Å². The van der Waals surface area contributed by atoms with Crippen molar-refractivity contribution in [3.05, 3.63) is 29.3 Å². The van der Waals surface area contributed by atoms with Crippen molar-refractivity contribution in [3.8, 4) is 5.75 Å². The summed E-state index contributed by atoms with van der Waals surface area (Å²) in [5.41, 5.74) is 0. The molecule has 2 N–H and O–H groups in total. The van der Waals surface area contributed by atoms with Crippen molar-refractivity contribution in [1.82, 2.24) is 0 Å². The standard InChI is InChI=1S/C9H9ClO4/c10-6-1-3-7(4-2-6)14-9(13)8(12)5-11/h1-4,8,11-12H,5H2/t8-/m1/s1. The fraction of sp³-hybridized carbons (Fsp3) is 0.222. The third-order valence-corrected chi connectivity index (χ3v) is 1.73. The number of hydrogen-bond acceptors (Lipinski definition) is 4. The molecule has 0 aromatic heterocycles. The lowest BCUT2D eigenvalue weighted by atomic mass is 10.3. The summed E-state index contributed by atoms with van der Waals surface area (Å²) in [4.78, 5) is 11.0. The van der Waals surface area contributed by atoms with E-state index in [4.69, 9.17) is 26.6 Å². The van der Waals surface area contributed by atoms with E-state index >= 15 is 0 Å². The topological polar surface area (TPSA) is 66.8 Å². The number of aliphatic hydroxyl groups excluding tert-OH is 2. The van der Waals surface area contributed by atoms with Crippen molar-refractivity contribution in [2.75, 3.05) is 6.61 Å². The van der Waals surface area contributed by atoms with E-state index in [2.05, 4.69) is 0 Å². The Kier molecular flexibility index (Phi) is 3.88. The minimum atomic E-state index is -1.51. The Labute approximate surface area is 85.7 Å². The van der Waals surface area contributed by atoms with Crippen LogP contribution in [-0.2, 0) is 4.79 Å². The van der Waals surface area contributed by atoms with Crippen LogP contribution in [0.15, 0.2) is 24.3 Å². The van der Waals surface area contributed by atoms with Crippen LogP contribution in [0.2, 0.25) is 5.02 Å². The van der Waals surface area contributed by atoms with E-state index in [1.165, 1.54) is 12.1 Å². The van der Waals surface area contributed by atoms with E-state index in [0.29, 0.717) is 5.02 Å². The molecule has 0 saturated carbocycles. The minimum absolute atomic E-state index is 0.270. The molecule has 0 fully saturated rings. The average Bonchev–Trinajstić information content (AvgIpc) is 2.20. The monoisotopic (exact) mass is 216 g/mol. The summed E-state index contributed by atoms with van der Waals surface area (Å²) in [5.74, 6) is -0.623. The Balaban J connectivity index is 2.60. The predicted molar refractivity (Wildman–Crippen MR) is 50.2 cm³/mol. The highest BCUT2D eigenvalue weighted by atomic mass is 35.5. The van der Waals surface area contributed by atoms with Gasteiger partial charge in [-0.1, -0.05) is 11.6 Å². The number of esters is 1. The second kappa shape index (κ2) is 4.95. The van der Waals surface area contributed by atoms with Crippen LogP contribution in [0.1, 0.15) is 0 Å². The Morgan fingerprint density at radius 3 is 2.50 bits per heavy atom. The smallest absolute Gasteiger partial charge is 0.342 e. The quantitative estimate of drug-likeness (QED) is 0.574. The molecule has 14 heavy (non-hydrogen) atoms. The molecule has 0 aliphatic rings. The van der Waals surface area contributed by atoms with E-state index < -0.39 is 18.7 Å². The molecule has 1 atom stereocenters.